The Bertz CT molecular complexity index is 1180. The molecule has 0 fully saturated rings. The summed E-state index contributed by atoms with van der Waals surface area (Å²) in [6, 6.07) is 28.7. The van der Waals surface area contributed by atoms with Crippen molar-refractivity contribution in [3.63, 3.8) is 0 Å². The fraction of sp³-hybridized carbons (Fsp3) is 0.0800. The number of benzene rings is 2. The SMILES string of the molecule is c1ccc(C(Sc2nnc(-c3cccnc3)n2Cc2ccco2)c2ccccc2)cc1. The van der Waals surface area contributed by atoms with Gasteiger partial charge in [0.1, 0.15) is 5.76 Å². The van der Waals surface area contributed by atoms with Crippen molar-refractivity contribution in [2.75, 3.05) is 0 Å². The van der Waals surface area contributed by atoms with E-state index in [2.05, 4.69) is 68.3 Å². The highest BCUT2D eigenvalue weighted by atomic mass is 32.2. The maximum Gasteiger partial charge on any atom is 0.192 e. The molecule has 152 valence electrons. The van der Waals surface area contributed by atoms with Crippen LogP contribution in [0.5, 0.6) is 0 Å². The molecule has 5 rings (SSSR count). The van der Waals surface area contributed by atoms with E-state index < -0.39 is 0 Å². The number of hydrogen-bond acceptors (Lipinski definition) is 5. The standard InChI is InChI=1S/C25H20N4OS/c1-3-9-19(10-4-1)23(20-11-5-2-6-12-20)31-25-28-27-24(21-13-7-15-26-17-21)29(25)18-22-14-8-16-30-22/h1-17,23H,18H2. The second-order valence-corrected chi connectivity index (χ2v) is 8.10. The maximum atomic E-state index is 5.63. The molecule has 5 aromatic rings. The number of rotatable bonds is 7. The summed E-state index contributed by atoms with van der Waals surface area (Å²) < 4.78 is 7.72. The summed E-state index contributed by atoms with van der Waals surface area (Å²) in [6.07, 6.45) is 5.25. The molecule has 0 amide bonds. The van der Waals surface area contributed by atoms with Crippen LogP contribution in [-0.2, 0) is 6.54 Å². The fourth-order valence-electron chi connectivity index (χ4n) is 3.47. The average Bonchev–Trinajstić information content (AvgIpc) is 3.50. The number of aromatic nitrogens is 4. The smallest absolute Gasteiger partial charge is 0.192 e. The number of pyridine rings is 1. The van der Waals surface area contributed by atoms with Crippen molar-refractivity contribution in [2.45, 2.75) is 17.0 Å². The van der Waals surface area contributed by atoms with Crippen LogP contribution in [0.2, 0.25) is 0 Å². The van der Waals surface area contributed by atoms with Gasteiger partial charge in [-0.1, -0.05) is 72.4 Å². The first-order valence-electron chi connectivity index (χ1n) is 10.0. The van der Waals surface area contributed by atoms with Crippen molar-refractivity contribution in [1.29, 1.82) is 0 Å². The first-order valence-corrected chi connectivity index (χ1v) is 10.9. The topological polar surface area (TPSA) is 56.7 Å². The van der Waals surface area contributed by atoms with Gasteiger partial charge in [0, 0.05) is 18.0 Å². The monoisotopic (exact) mass is 424 g/mol. The van der Waals surface area contributed by atoms with Crippen molar-refractivity contribution in [1.82, 2.24) is 19.7 Å². The average molecular weight is 425 g/mol. The van der Waals surface area contributed by atoms with Gasteiger partial charge in [0.15, 0.2) is 11.0 Å². The first-order chi connectivity index (χ1) is 15.4. The summed E-state index contributed by atoms with van der Waals surface area (Å²) in [5, 5.41) is 10.0. The zero-order valence-corrected chi connectivity index (χ0v) is 17.5. The van der Waals surface area contributed by atoms with Gasteiger partial charge in [-0.2, -0.15) is 0 Å². The van der Waals surface area contributed by atoms with E-state index in [4.69, 9.17) is 4.42 Å². The summed E-state index contributed by atoms with van der Waals surface area (Å²) in [4.78, 5) is 4.25. The molecular weight excluding hydrogens is 404 g/mol. The van der Waals surface area contributed by atoms with Gasteiger partial charge in [-0.05, 0) is 35.4 Å². The molecule has 0 N–H and O–H groups in total. The van der Waals surface area contributed by atoms with Crippen LogP contribution in [0.3, 0.4) is 0 Å². The molecule has 0 bridgehead atoms. The van der Waals surface area contributed by atoms with Gasteiger partial charge >= 0.3 is 0 Å². The molecule has 31 heavy (non-hydrogen) atoms. The summed E-state index contributed by atoms with van der Waals surface area (Å²) >= 11 is 1.69. The van der Waals surface area contributed by atoms with Crippen LogP contribution >= 0.6 is 11.8 Å². The van der Waals surface area contributed by atoms with Crippen LogP contribution in [0.1, 0.15) is 22.1 Å². The number of hydrogen-bond donors (Lipinski definition) is 0. The van der Waals surface area contributed by atoms with E-state index in [0.29, 0.717) is 6.54 Å². The van der Waals surface area contributed by atoms with Crippen molar-refractivity contribution in [2.24, 2.45) is 0 Å². The number of furan rings is 1. The van der Waals surface area contributed by atoms with Crippen LogP contribution in [0.4, 0.5) is 0 Å². The fourth-order valence-corrected chi connectivity index (χ4v) is 4.64. The Kier molecular flexibility index (Phi) is 5.62. The van der Waals surface area contributed by atoms with Crippen molar-refractivity contribution in [3.05, 3.63) is 120 Å². The molecule has 0 spiro atoms. The van der Waals surface area contributed by atoms with Gasteiger partial charge < -0.3 is 4.42 Å². The molecule has 0 radical (unpaired) electrons. The van der Waals surface area contributed by atoms with Gasteiger partial charge in [0.25, 0.3) is 0 Å². The Morgan fingerprint density at radius 3 is 2.16 bits per heavy atom. The summed E-state index contributed by atoms with van der Waals surface area (Å²) in [5.41, 5.74) is 3.35. The van der Waals surface area contributed by atoms with Gasteiger partial charge in [-0.25, -0.2) is 0 Å². The van der Waals surface area contributed by atoms with E-state index in [1.165, 1.54) is 11.1 Å². The lowest BCUT2D eigenvalue weighted by atomic mass is 10.0. The molecule has 0 saturated carbocycles. The Morgan fingerprint density at radius 1 is 0.806 bits per heavy atom. The highest BCUT2D eigenvalue weighted by Gasteiger charge is 2.22. The predicted molar refractivity (Wildman–Crippen MR) is 122 cm³/mol. The summed E-state index contributed by atoms with van der Waals surface area (Å²) in [6.45, 7) is 0.545. The van der Waals surface area contributed by atoms with E-state index in [1.54, 1.807) is 24.2 Å². The molecule has 3 heterocycles. The van der Waals surface area contributed by atoms with Gasteiger partial charge in [0.05, 0.1) is 18.1 Å². The predicted octanol–water partition coefficient (Wildman–Crippen LogP) is 5.86. The van der Waals surface area contributed by atoms with E-state index in [1.807, 2.05) is 42.6 Å². The molecule has 0 saturated heterocycles. The molecule has 0 aliphatic carbocycles. The quantitative estimate of drug-likeness (QED) is 0.306. The molecule has 6 heteroatoms. The van der Waals surface area contributed by atoms with Crippen LogP contribution in [-0.4, -0.2) is 19.7 Å². The molecule has 3 aromatic heterocycles. The molecular formula is C25H20N4OS. The normalized spacial score (nSPS) is 11.1. The summed E-state index contributed by atoms with van der Waals surface area (Å²) in [5.74, 6) is 1.62. The van der Waals surface area contributed by atoms with Crippen LogP contribution < -0.4 is 0 Å². The summed E-state index contributed by atoms with van der Waals surface area (Å²) in [7, 11) is 0. The van der Waals surface area contributed by atoms with Gasteiger partial charge in [0.2, 0.25) is 0 Å². The third kappa shape index (κ3) is 4.29. The molecule has 0 unspecified atom stereocenters. The Balaban J connectivity index is 1.57. The highest BCUT2D eigenvalue weighted by molar-refractivity contribution is 7.99. The van der Waals surface area contributed by atoms with Crippen LogP contribution in [0.15, 0.2) is 113 Å². The van der Waals surface area contributed by atoms with Gasteiger partial charge in [-0.3, -0.25) is 9.55 Å². The van der Waals surface area contributed by atoms with Crippen LogP contribution in [0.25, 0.3) is 11.4 Å². The third-order valence-electron chi connectivity index (χ3n) is 4.96. The number of nitrogens with zero attached hydrogens (tertiary/aromatic N) is 4. The van der Waals surface area contributed by atoms with E-state index in [0.717, 1.165) is 22.3 Å². The highest BCUT2D eigenvalue weighted by Crippen LogP contribution is 2.40. The zero-order chi connectivity index (χ0) is 20.9. The molecule has 0 atom stereocenters. The van der Waals surface area contributed by atoms with Crippen molar-refractivity contribution < 1.29 is 4.42 Å². The largest absolute Gasteiger partial charge is 0.467 e. The van der Waals surface area contributed by atoms with Crippen molar-refractivity contribution in [3.8, 4) is 11.4 Å². The second-order valence-electron chi connectivity index (χ2n) is 7.03. The minimum atomic E-state index is 0.0868. The molecule has 2 aromatic carbocycles. The van der Waals surface area contributed by atoms with E-state index >= 15 is 0 Å². The lowest BCUT2D eigenvalue weighted by Gasteiger charge is -2.18. The lowest BCUT2D eigenvalue weighted by Crippen LogP contribution is -2.05. The third-order valence-corrected chi connectivity index (χ3v) is 6.25. The molecule has 5 nitrogen and oxygen atoms in total. The minimum Gasteiger partial charge on any atom is -0.467 e. The zero-order valence-electron chi connectivity index (χ0n) is 16.7. The Morgan fingerprint density at radius 2 is 1.55 bits per heavy atom. The Labute approximate surface area is 184 Å². The Hall–Kier alpha value is -3.64. The van der Waals surface area contributed by atoms with Crippen LogP contribution in [0, 0.1) is 0 Å². The van der Waals surface area contributed by atoms with Crippen molar-refractivity contribution >= 4 is 11.8 Å². The second kappa shape index (κ2) is 9.02. The maximum absolute atomic E-state index is 5.63. The molecule has 0 aliphatic heterocycles. The molecule has 0 aliphatic rings. The van der Waals surface area contributed by atoms with Gasteiger partial charge in [-0.15, -0.1) is 10.2 Å². The lowest BCUT2D eigenvalue weighted by molar-refractivity contribution is 0.485. The van der Waals surface area contributed by atoms with E-state index in [9.17, 15) is 0 Å². The minimum absolute atomic E-state index is 0.0868. The number of thioether (sulfide) groups is 1. The van der Waals surface area contributed by atoms with E-state index in [-0.39, 0.29) is 5.25 Å². The first kappa shape index (κ1) is 19.3.